The molecule has 8 nitrogen and oxygen atoms in total. The maximum atomic E-state index is 6.26. The van der Waals surface area contributed by atoms with Crippen molar-refractivity contribution >= 4 is 22.9 Å². The zero-order valence-electron chi connectivity index (χ0n) is 20.7. The van der Waals surface area contributed by atoms with Gasteiger partial charge in [0, 0.05) is 39.3 Å². The van der Waals surface area contributed by atoms with Crippen LogP contribution >= 0.6 is 0 Å². The zero-order valence-corrected chi connectivity index (χ0v) is 20.7. The number of likely N-dealkylation sites (N-methyl/N-ethyl adjacent to an activating group) is 1. The number of rotatable bonds is 7. The third-order valence-corrected chi connectivity index (χ3v) is 7.40. The summed E-state index contributed by atoms with van der Waals surface area (Å²) in [5, 5.41) is 3.71. The fraction of sp³-hybridized carbons (Fsp3) is 0.577. The first-order valence-electron chi connectivity index (χ1n) is 12.6. The number of nitrogens with zero attached hydrogens (tertiary/aromatic N) is 6. The molecule has 1 atom stereocenters. The zero-order chi connectivity index (χ0) is 23.5. The van der Waals surface area contributed by atoms with Gasteiger partial charge in [0.05, 0.1) is 18.5 Å². The second kappa shape index (κ2) is 9.88. The van der Waals surface area contributed by atoms with Gasteiger partial charge in [-0.25, -0.2) is 4.98 Å². The Morgan fingerprint density at radius 1 is 1.09 bits per heavy atom. The first-order chi connectivity index (χ1) is 16.5. The number of aryl methyl sites for hydroxylation is 2. The molecule has 8 heteroatoms. The van der Waals surface area contributed by atoms with Gasteiger partial charge in [-0.1, -0.05) is 37.3 Å². The molecule has 5 rings (SSSR count). The van der Waals surface area contributed by atoms with Crippen LogP contribution in [0.3, 0.4) is 0 Å². The number of piperidine rings is 1. The fourth-order valence-corrected chi connectivity index (χ4v) is 5.25. The van der Waals surface area contributed by atoms with E-state index in [4.69, 9.17) is 14.7 Å². The SMILES string of the molecule is CCC(CCc1ccccc1)Nc1nc(N2CCC3(CC2)CN(C)CCO3)nc2c1ncn2C. The van der Waals surface area contributed by atoms with Crippen molar-refractivity contribution in [3.8, 4) is 0 Å². The van der Waals surface area contributed by atoms with Crippen molar-refractivity contribution in [2.75, 3.05) is 50.1 Å². The Bertz CT molecular complexity index is 1090. The van der Waals surface area contributed by atoms with E-state index in [9.17, 15) is 0 Å². The number of nitrogens with one attached hydrogen (secondary N) is 1. The van der Waals surface area contributed by atoms with E-state index in [0.717, 1.165) is 87.8 Å². The lowest BCUT2D eigenvalue weighted by Crippen LogP contribution is -2.56. The van der Waals surface area contributed by atoms with Crippen LogP contribution in [-0.4, -0.2) is 75.9 Å². The summed E-state index contributed by atoms with van der Waals surface area (Å²) >= 11 is 0. The smallest absolute Gasteiger partial charge is 0.229 e. The Balaban J connectivity index is 1.33. The molecule has 0 amide bonds. The normalized spacial score (nSPS) is 19.6. The van der Waals surface area contributed by atoms with Crippen LogP contribution < -0.4 is 10.2 Å². The number of morpholine rings is 1. The minimum Gasteiger partial charge on any atom is -0.372 e. The molecule has 2 aliphatic rings. The molecule has 0 radical (unpaired) electrons. The van der Waals surface area contributed by atoms with Crippen LogP contribution in [0.5, 0.6) is 0 Å². The molecule has 4 heterocycles. The predicted molar refractivity (Wildman–Crippen MR) is 136 cm³/mol. The Labute approximate surface area is 202 Å². The molecular weight excluding hydrogens is 426 g/mol. The van der Waals surface area contributed by atoms with Crippen LogP contribution in [0.15, 0.2) is 36.7 Å². The van der Waals surface area contributed by atoms with Crippen LogP contribution in [-0.2, 0) is 18.2 Å². The van der Waals surface area contributed by atoms with Crippen molar-refractivity contribution < 1.29 is 4.74 Å². The van der Waals surface area contributed by atoms with Gasteiger partial charge < -0.3 is 24.4 Å². The molecule has 0 saturated carbocycles. The maximum absolute atomic E-state index is 6.26. The van der Waals surface area contributed by atoms with Gasteiger partial charge in [-0.3, -0.25) is 0 Å². The topological polar surface area (TPSA) is 71.3 Å². The van der Waals surface area contributed by atoms with Gasteiger partial charge in [0.2, 0.25) is 5.95 Å². The molecule has 2 aromatic heterocycles. The molecule has 1 N–H and O–H groups in total. The molecule has 2 aliphatic heterocycles. The summed E-state index contributed by atoms with van der Waals surface area (Å²) in [5.41, 5.74) is 3.06. The summed E-state index contributed by atoms with van der Waals surface area (Å²) in [5.74, 6) is 1.63. The van der Waals surface area contributed by atoms with E-state index >= 15 is 0 Å². The van der Waals surface area contributed by atoms with E-state index in [1.54, 1.807) is 0 Å². The molecule has 2 saturated heterocycles. The highest BCUT2D eigenvalue weighted by Gasteiger charge is 2.39. The highest BCUT2D eigenvalue weighted by molar-refractivity contribution is 5.84. The van der Waals surface area contributed by atoms with Gasteiger partial charge in [0.1, 0.15) is 0 Å². The summed E-state index contributed by atoms with van der Waals surface area (Å²) in [6, 6.07) is 11.0. The highest BCUT2D eigenvalue weighted by Crippen LogP contribution is 2.32. The second-order valence-electron chi connectivity index (χ2n) is 9.93. The average molecular weight is 464 g/mol. The molecular formula is C26H37N7O. The van der Waals surface area contributed by atoms with Crippen molar-refractivity contribution in [3.05, 3.63) is 42.2 Å². The largest absolute Gasteiger partial charge is 0.372 e. The first-order valence-corrected chi connectivity index (χ1v) is 12.6. The monoisotopic (exact) mass is 463 g/mol. The maximum Gasteiger partial charge on any atom is 0.229 e. The van der Waals surface area contributed by atoms with Crippen molar-refractivity contribution in [3.63, 3.8) is 0 Å². The molecule has 1 spiro atoms. The Morgan fingerprint density at radius 3 is 2.62 bits per heavy atom. The summed E-state index contributed by atoms with van der Waals surface area (Å²) < 4.78 is 8.24. The quantitative estimate of drug-likeness (QED) is 0.575. The average Bonchev–Trinajstić information content (AvgIpc) is 3.23. The Kier molecular flexibility index (Phi) is 6.70. The molecule has 1 unspecified atom stereocenters. The van der Waals surface area contributed by atoms with Gasteiger partial charge in [-0.15, -0.1) is 0 Å². The summed E-state index contributed by atoms with van der Waals surface area (Å²) in [6.45, 7) is 6.89. The number of imidazole rings is 1. The lowest BCUT2D eigenvalue weighted by atomic mass is 9.89. The van der Waals surface area contributed by atoms with Gasteiger partial charge in [0.25, 0.3) is 0 Å². The summed E-state index contributed by atoms with van der Waals surface area (Å²) in [4.78, 5) is 19.2. The fourth-order valence-electron chi connectivity index (χ4n) is 5.25. The van der Waals surface area contributed by atoms with Crippen molar-refractivity contribution in [1.29, 1.82) is 0 Å². The third kappa shape index (κ3) is 4.88. The number of ether oxygens (including phenoxy) is 1. The number of fused-ring (bicyclic) bond motifs is 1. The van der Waals surface area contributed by atoms with E-state index in [1.807, 2.05) is 17.9 Å². The Morgan fingerprint density at radius 2 is 1.88 bits per heavy atom. The summed E-state index contributed by atoms with van der Waals surface area (Å²) in [6.07, 6.45) is 6.94. The van der Waals surface area contributed by atoms with E-state index < -0.39 is 0 Å². The third-order valence-electron chi connectivity index (χ3n) is 7.40. The standard InChI is InChI=1S/C26H37N7O/c1-4-21(11-10-20-8-6-5-7-9-20)28-23-22-24(32(3)19-27-22)30-25(29-23)33-14-12-26(13-15-33)18-31(2)16-17-34-26/h5-9,19,21H,4,10-18H2,1-3H3,(H,28,29,30). The van der Waals surface area contributed by atoms with Crippen molar-refractivity contribution in [1.82, 2.24) is 24.4 Å². The van der Waals surface area contributed by atoms with Gasteiger partial charge >= 0.3 is 0 Å². The number of aromatic nitrogens is 4. The molecule has 34 heavy (non-hydrogen) atoms. The van der Waals surface area contributed by atoms with Crippen LogP contribution in [0.25, 0.3) is 11.2 Å². The van der Waals surface area contributed by atoms with E-state index in [0.29, 0.717) is 6.04 Å². The first kappa shape index (κ1) is 23.1. The number of anilines is 2. The number of hydrogen-bond donors (Lipinski definition) is 1. The summed E-state index contributed by atoms with van der Waals surface area (Å²) in [7, 11) is 4.19. The molecule has 1 aromatic carbocycles. The van der Waals surface area contributed by atoms with Crippen molar-refractivity contribution in [2.24, 2.45) is 7.05 Å². The molecule has 182 valence electrons. The minimum absolute atomic E-state index is 0.0219. The molecule has 2 fully saturated rings. The van der Waals surface area contributed by atoms with Gasteiger partial charge in [-0.2, -0.15) is 9.97 Å². The number of benzene rings is 1. The van der Waals surface area contributed by atoms with Crippen molar-refractivity contribution in [2.45, 2.75) is 50.7 Å². The van der Waals surface area contributed by atoms with Crippen LogP contribution in [0, 0.1) is 0 Å². The lowest BCUT2D eigenvalue weighted by molar-refractivity contribution is -0.115. The lowest BCUT2D eigenvalue weighted by Gasteiger charge is -2.46. The molecule has 3 aromatic rings. The van der Waals surface area contributed by atoms with Crippen LogP contribution in [0.2, 0.25) is 0 Å². The van der Waals surface area contributed by atoms with E-state index in [1.165, 1.54) is 5.56 Å². The van der Waals surface area contributed by atoms with Gasteiger partial charge in [-0.05, 0) is 44.7 Å². The minimum atomic E-state index is -0.0219. The van der Waals surface area contributed by atoms with E-state index in [2.05, 4.69) is 64.4 Å². The number of hydrogen-bond acceptors (Lipinski definition) is 7. The predicted octanol–water partition coefficient (Wildman–Crippen LogP) is 3.49. The highest BCUT2D eigenvalue weighted by atomic mass is 16.5. The van der Waals surface area contributed by atoms with Crippen LogP contribution in [0.1, 0.15) is 38.2 Å². The molecule has 0 aliphatic carbocycles. The van der Waals surface area contributed by atoms with Gasteiger partial charge in [0.15, 0.2) is 17.0 Å². The van der Waals surface area contributed by atoms with E-state index in [-0.39, 0.29) is 5.60 Å². The Hall–Kier alpha value is -2.71. The second-order valence-corrected chi connectivity index (χ2v) is 9.93. The van der Waals surface area contributed by atoms with Crippen LogP contribution in [0.4, 0.5) is 11.8 Å². The molecule has 0 bridgehead atoms.